The molecule has 2 aliphatic rings. The van der Waals surface area contributed by atoms with Crippen LogP contribution in [0.2, 0.25) is 0 Å². The van der Waals surface area contributed by atoms with Crippen molar-refractivity contribution in [1.82, 2.24) is 0 Å². The number of ether oxygens (including phenoxy) is 2. The largest absolute Gasteiger partial charge is 0.396 e. The molecule has 0 aromatic heterocycles. The highest BCUT2D eigenvalue weighted by molar-refractivity contribution is 4.87. The second-order valence-electron chi connectivity index (χ2n) is 5.06. The van der Waals surface area contributed by atoms with Crippen molar-refractivity contribution in [2.45, 2.75) is 44.5 Å². The van der Waals surface area contributed by atoms with Gasteiger partial charge in [-0.05, 0) is 12.3 Å². The van der Waals surface area contributed by atoms with E-state index in [9.17, 15) is 5.11 Å². The average molecular weight is 230 g/mol. The molecule has 2 fully saturated rings. The Labute approximate surface area is 96.6 Å². The lowest BCUT2D eigenvalue weighted by Crippen LogP contribution is -2.51. The van der Waals surface area contributed by atoms with Crippen LogP contribution in [-0.4, -0.2) is 41.9 Å². The Morgan fingerprint density at radius 1 is 1.31 bits per heavy atom. The molecule has 4 heteroatoms. The Kier molecular flexibility index (Phi) is 3.85. The van der Waals surface area contributed by atoms with Crippen molar-refractivity contribution in [3.05, 3.63) is 0 Å². The van der Waals surface area contributed by atoms with E-state index in [0.29, 0.717) is 18.9 Å². The Hall–Kier alpha value is -0.160. The average Bonchev–Trinajstić information content (AvgIpc) is 2.30. The summed E-state index contributed by atoms with van der Waals surface area (Å²) in [4.78, 5) is 0. The molecule has 0 aliphatic carbocycles. The van der Waals surface area contributed by atoms with Gasteiger partial charge in [0.1, 0.15) is 0 Å². The molecule has 0 saturated carbocycles. The van der Waals surface area contributed by atoms with Gasteiger partial charge in [0.2, 0.25) is 0 Å². The Morgan fingerprint density at radius 3 is 2.56 bits per heavy atom. The van der Waals surface area contributed by atoms with E-state index in [1.54, 1.807) is 0 Å². The molecule has 2 aliphatic heterocycles. The second kappa shape index (κ2) is 5.00. The summed E-state index contributed by atoms with van der Waals surface area (Å²) >= 11 is 0. The van der Waals surface area contributed by atoms with Gasteiger partial charge in [0.15, 0.2) is 5.79 Å². The first-order valence-corrected chi connectivity index (χ1v) is 6.26. The molecule has 0 bridgehead atoms. The van der Waals surface area contributed by atoms with Crippen LogP contribution >= 0.6 is 0 Å². The van der Waals surface area contributed by atoms with Gasteiger partial charge >= 0.3 is 0 Å². The monoisotopic (exact) mass is 230 g/mol. The van der Waals surface area contributed by atoms with Crippen LogP contribution in [0.15, 0.2) is 0 Å². The van der Waals surface area contributed by atoms with Crippen LogP contribution in [-0.2, 0) is 9.47 Å². The molecule has 2 rings (SSSR count). The van der Waals surface area contributed by atoms with Gasteiger partial charge in [0.25, 0.3) is 0 Å². The minimum Gasteiger partial charge on any atom is -0.396 e. The first-order valence-electron chi connectivity index (χ1n) is 6.26. The maximum Gasteiger partial charge on any atom is 0.170 e. The summed E-state index contributed by atoms with van der Waals surface area (Å²) < 4.78 is 11.5. The Bertz CT molecular complexity index is 218. The number of aliphatic hydroxyl groups excluding tert-OH is 2. The maximum absolute atomic E-state index is 9.89. The lowest BCUT2D eigenvalue weighted by atomic mass is 9.86. The molecule has 2 N–H and O–H groups in total. The molecular weight excluding hydrogens is 208 g/mol. The van der Waals surface area contributed by atoms with Crippen LogP contribution < -0.4 is 0 Å². The number of hydrogen-bond donors (Lipinski definition) is 2. The smallest absolute Gasteiger partial charge is 0.170 e. The van der Waals surface area contributed by atoms with Crippen molar-refractivity contribution in [3.63, 3.8) is 0 Å². The quantitative estimate of drug-likeness (QED) is 0.740. The zero-order valence-corrected chi connectivity index (χ0v) is 9.89. The van der Waals surface area contributed by atoms with E-state index in [1.807, 2.05) is 0 Å². The summed E-state index contributed by atoms with van der Waals surface area (Å²) in [6.45, 7) is 3.28. The normalized spacial score (nSPS) is 44.8. The van der Waals surface area contributed by atoms with E-state index in [2.05, 4.69) is 6.92 Å². The molecular formula is C12H22O4. The molecule has 2 heterocycles. The van der Waals surface area contributed by atoms with Crippen molar-refractivity contribution in [3.8, 4) is 0 Å². The van der Waals surface area contributed by atoms with Crippen molar-refractivity contribution >= 4 is 0 Å². The molecule has 0 radical (unpaired) electrons. The van der Waals surface area contributed by atoms with Crippen molar-refractivity contribution < 1.29 is 19.7 Å². The molecule has 16 heavy (non-hydrogen) atoms. The molecule has 0 aromatic rings. The maximum atomic E-state index is 9.89. The second-order valence-corrected chi connectivity index (χ2v) is 5.06. The summed E-state index contributed by atoms with van der Waals surface area (Å²) in [5.41, 5.74) is 0. The number of hydrogen-bond acceptors (Lipinski definition) is 4. The fourth-order valence-corrected chi connectivity index (χ4v) is 2.53. The summed E-state index contributed by atoms with van der Waals surface area (Å²) in [7, 11) is 0. The van der Waals surface area contributed by atoms with Crippen LogP contribution in [0, 0.1) is 11.8 Å². The number of aliphatic hydroxyl groups is 2. The third-order valence-electron chi connectivity index (χ3n) is 3.95. The lowest BCUT2D eigenvalue weighted by molar-refractivity contribution is -0.307. The van der Waals surface area contributed by atoms with Crippen molar-refractivity contribution in [1.29, 1.82) is 0 Å². The summed E-state index contributed by atoms with van der Waals surface area (Å²) in [5, 5.41) is 18.9. The van der Waals surface area contributed by atoms with E-state index in [-0.39, 0.29) is 12.5 Å². The van der Waals surface area contributed by atoms with Gasteiger partial charge in [-0.15, -0.1) is 0 Å². The molecule has 1 spiro atoms. The van der Waals surface area contributed by atoms with Crippen LogP contribution in [0.25, 0.3) is 0 Å². The third kappa shape index (κ3) is 2.40. The number of rotatable bonds is 2. The van der Waals surface area contributed by atoms with Gasteiger partial charge in [-0.25, -0.2) is 0 Å². The Morgan fingerprint density at radius 2 is 2.06 bits per heavy atom. The van der Waals surface area contributed by atoms with Crippen LogP contribution in [0.1, 0.15) is 32.6 Å². The fraction of sp³-hybridized carbons (Fsp3) is 1.00. The first-order chi connectivity index (χ1) is 7.69. The van der Waals surface area contributed by atoms with Crippen molar-refractivity contribution in [2.75, 3.05) is 19.8 Å². The molecule has 4 nitrogen and oxygen atoms in total. The van der Waals surface area contributed by atoms with Crippen LogP contribution in [0.4, 0.5) is 0 Å². The van der Waals surface area contributed by atoms with E-state index >= 15 is 0 Å². The summed E-state index contributed by atoms with van der Waals surface area (Å²) in [6, 6.07) is 0. The molecule has 94 valence electrons. The van der Waals surface area contributed by atoms with Crippen LogP contribution in [0.5, 0.6) is 0 Å². The zero-order chi connectivity index (χ0) is 11.6. The highest BCUT2D eigenvalue weighted by Crippen LogP contribution is 2.38. The van der Waals surface area contributed by atoms with Gasteiger partial charge in [0, 0.05) is 18.8 Å². The third-order valence-corrected chi connectivity index (χ3v) is 3.95. The lowest BCUT2D eigenvalue weighted by Gasteiger charge is -2.45. The fourth-order valence-electron chi connectivity index (χ4n) is 2.53. The minimum absolute atomic E-state index is 0.0190. The highest BCUT2D eigenvalue weighted by atomic mass is 16.7. The zero-order valence-electron chi connectivity index (χ0n) is 9.89. The van der Waals surface area contributed by atoms with Crippen molar-refractivity contribution in [2.24, 2.45) is 11.8 Å². The molecule has 0 amide bonds. The van der Waals surface area contributed by atoms with Gasteiger partial charge in [-0.2, -0.15) is 0 Å². The van der Waals surface area contributed by atoms with E-state index in [1.165, 1.54) is 0 Å². The van der Waals surface area contributed by atoms with Gasteiger partial charge in [0.05, 0.1) is 25.9 Å². The SMILES string of the molecule is CC[C@@H]1CC[C@@]2(C[C@H](O)[C@@H](CO)CO2)OC1. The minimum atomic E-state index is -0.573. The van der Waals surface area contributed by atoms with Crippen LogP contribution in [0.3, 0.4) is 0 Å². The predicted octanol–water partition coefficient (Wildman–Crippen LogP) is 0.909. The van der Waals surface area contributed by atoms with E-state index in [4.69, 9.17) is 14.6 Å². The van der Waals surface area contributed by atoms with E-state index in [0.717, 1.165) is 25.9 Å². The van der Waals surface area contributed by atoms with E-state index < -0.39 is 11.9 Å². The first kappa shape index (κ1) is 12.3. The Balaban J connectivity index is 1.91. The molecule has 4 atom stereocenters. The topological polar surface area (TPSA) is 58.9 Å². The summed E-state index contributed by atoms with van der Waals surface area (Å²) in [5.74, 6) is -0.100. The molecule has 2 saturated heterocycles. The summed E-state index contributed by atoms with van der Waals surface area (Å²) in [6.07, 6.45) is 3.09. The standard InChI is InChI=1S/C12H22O4/c1-2-9-3-4-12(15-7-9)5-11(14)10(6-13)8-16-12/h9-11,13-14H,2-8H2,1H3/t9-,10+,11+,12-/m1/s1. The molecule has 0 aromatic carbocycles. The molecule has 0 unspecified atom stereocenters. The van der Waals surface area contributed by atoms with Gasteiger partial charge in [-0.3, -0.25) is 0 Å². The van der Waals surface area contributed by atoms with Gasteiger partial charge < -0.3 is 19.7 Å². The van der Waals surface area contributed by atoms with Gasteiger partial charge in [-0.1, -0.05) is 13.3 Å². The predicted molar refractivity (Wildman–Crippen MR) is 58.8 cm³/mol. The highest BCUT2D eigenvalue weighted by Gasteiger charge is 2.44.